The SMILES string of the molecule is CC1(C)CCC=C(c2ccc3c(=O)c4ccc(Cl)c(Cl)c4n(CC(=O)O)c3c2)C1. The van der Waals surface area contributed by atoms with Crippen LogP contribution in [0, 0.1) is 5.41 Å². The number of halogens is 2. The molecule has 1 aromatic heterocycles. The molecule has 0 fully saturated rings. The molecule has 1 aliphatic carbocycles. The lowest BCUT2D eigenvalue weighted by atomic mass is 9.75. The molecular formula is C23H21Cl2NO3. The molecule has 0 radical (unpaired) electrons. The van der Waals surface area contributed by atoms with E-state index in [-0.39, 0.29) is 27.4 Å². The van der Waals surface area contributed by atoms with Gasteiger partial charge in [-0.25, -0.2) is 0 Å². The smallest absolute Gasteiger partial charge is 0.323 e. The molecule has 29 heavy (non-hydrogen) atoms. The number of pyridine rings is 1. The van der Waals surface area contributed by atoms with Crippen LogP contribution in [-0.2, 0) is 11.3 Å². The molecule has 0 amide bonds. The molecular weight excluding hydrogens is 409 g/mol. The monoisotopic (exact) mass is 429 g/mol. The lowest BCUT2D eigenvalue weighted by Gasteiger charge is -2.30. The van der Waals surface area contributed by atoms with E-state index in [0.717, 1.165) is 24.8 Å². The predicted molar refractivity (Wildman–Crippen MR) is 119 cm³/mol. The van der Waals surface area contributed by atoms with E-state index >= 15 is 0 Å². The maximum Gasteiger partial charge on any atom is 0.323 e. The van der Waals surface area contributed by atoms with Crippen molar-refractivity contribution in [3.63, 3.8) is 0 Å². The highest BCUT2D eigenvalue weighted by molar-refractivity contribution is 6.45. The zero-order chi connectivity index (χ0) is 20.9. The molecule has 0 saturated heterocycles. The first-order valence-corrected chi connectivity index (χ1v) is 10.3. The van der Waals surface area contributed by atoms with E-state index in [4.69, 9.17) is 23.2 Å². The molecule has 1 aliphatic rings. The molecule has 1 heterocycles. The summed E-state index contributed by atoms with van der Waals surface area (Å²) in [6.45, 7) is 4.18. The van der Waals surface area contributed by atoms with Gasteiger partial charge in [-0.3, -0.25) is 9.59 Å². The van der Waals surface area contributed by atoms with Crippen LogP contribution in [0.2, 0.25) is 10.0 Å². The van der Waals surface area contributed by atoms with Crippen LogP contribution in [-0.4, -0.2) is 15.6 Å². The Balaban J connectivity index is 2.06. The maximum absolute atomic E-state index is 13.1. The van der Waals surface area contributed by atoms with Crippen molar-refractivity contribution in [3.05, 3.63) is 62.2 Å². The molecule has 0 atom stereocenters. The highest BCUT2D eigenvalue weighted by Crippen LogP contribution is 2.40. The number of rotatable bonds is 3. The summed E-state index contributed by atoms with van der Waals surface area (Å²) < 4.78 is 1.58. The lowest BCUT2D eigenvalue weighted by Crippen LogP contribution is -2.17. The number of fused-ring (bicyclic) bond motifs is 2. The number of carboxylic acids is 1. The second-order valence-corrected chi connectivity index (χ2v) is 9.19. The molecule has 6 heteroatoms. The molecule has 0 unspecified atom stereocenters. The maximum atomic E-state index is 13.1. The third-order valence-electron chi connectivity index (χ3n) is 5.66. The van der Waals surface area contributed by atoms with Gasteiger partial charge in [0.05, 0.1) is 21.1 Å². The number of aromatic nitrogens is 1. The van der Waals surface area contributed by atoms with Crippen molar-refractivity contribution in [3.8, 4) is 0 Å². The Morgan fingerprint density at radius 3 is 2.59 bits per heavy atom. The minimum Gasteiger partial charge on any atom is -0.480 e. The number of benzene rings is 2. The Bertz CT molecular complexity index is 1250. The van der Waals surface area contributed by atoms with E-state index in [2.05, 4.69) is 19.9 Å². The standard InChI is InChI=1S/C23H21Cl2NO3/c1-23(2)9-3-4-14(11-23)13-5-6-15-18(10-13)26(12-19(27)28)21-16(22(15)29)7-8-17(24)20(21)25/h4-8,10H,3,9,11-12H2,1-2H3,(H,27,28). The van der Waals surface area contributed by atoms with Crippen molar-refractivity contribution in [2.45, 2.75) is 39.7 Å². The van der Waals surface area contributed by atoms with Gasteiger partial charge in [0.2, 0.25) is 0 Å². The number of aliphatic carboxylic acids is 1. The third-order valence-corrected chi connectivity index (χ3v) is 6.46. The van der Waals surface area contributed by atoms with Gasteiger partial charge in [0.1, 0.15) is 6.54 Å². The van der Waals surface area contributed by atoms with Crippen LogP contribution in [0.25, 0.3) is 27.4 Å². The van der Waals surface area contributed by atoms with Crippen LogP contribution < -0.4 is 5.43 Å². The second kappa shape index (κ2) is 7.19. The zero-order valence-corrected chi connectivity index (χ0v) is 17.8. The topological polar surface area (TPSA) is 59.3 Å². The fourth-order valence-corrected chi connectivity index (χ4v) is 4.65. The molecule has 0 bridgehead atoms. The Kier molecular flexibility index (Phi) is 4.96. The highest BCUT2D eigenvalue weighted by atomic mass is 35.5. The third kappa shape index (κ3) is 3.56. The number of carbonyl (C=O) groups is 1. The van der Waals surface area contributed by atoms with Gasteiger partial charge in [0.25, 0.3) is 0 Å². The molecule has 0 spiro atoms. The van der Waals surface area contributed by atoms with Crippen LogP contribution in [0.3, 0.4) is 0 Å². The summed E-state index contributed by atoms with van der Waals surface area (Å²) in [4.78, 5) is 24.7. The first-order valence-electron chi connectivity index (χ1n) is 9.53. The van der Waals surface area contributed by atoms with Crippen LogP contribution in [0.15, 0.2) is 41.2 Å². The number of allylic oxidation sites excluding steroid dienone is 2. The van der Waals surface area contributed by atoms with Crippen molar-refractivity contribution in [2.75, 3.05) is 0 Å². The van der Waals surface area contributed by atoms with Crippen LogP contribution >= 0.6 is 23.2 Å². The number of hydrogen-bond acceptors (Lipinski definition) is 2. The minimum absolute atomic E-state index is 0.181. The Morgan fingerprint density at radius 1 is 1.17 bits per heavy atom. The summed E-state index contributed by atoms with van der Waals surface area (Å²) in [6, 6.07) is 8.81. The molecule has 0 aliphatic heterocycles. The molecule has 150 valence electrons. The van der Waals surface area contributed by atoms with Crippen molar-refractivity contribution >= 4 is 56.6 Å². The highest BCUT2D eigenvalue weighted by Gasteiger charge is 2.24. The number of carboxylic acid groups (broad SMARTS) is 1. The van der Waals surface area contributed by atoms with E-state index in [1.54, 1.807) is 22.8 Å². The summed E-state index contributed by atoms with van der Waals surface area (Å²) in [5, 5.41) is 10.8. The molecule has 0 saturated carbocycles. The van der Waals surface area contributed by atoms with Gasteiger partial charge in [-0.15, -0.1) is 0 Å². The summed E-state index contributed by atoms with van der Waals surface area (Å²) in [5.41, 5.74) is 3.15. The number of nitrogens with zero attached hydrogens (tertiary/aromatic N) is 1. The fourth-order valence-electron chi connectivity index (χ4n) is 4.23. The molecule has 1 N–H and O–H groups in total. The predicted octanol–water partition coefficient (Wildman–Crippen LogP) is 6.14. The largest absolute Gasteiger partial charge is 0.480 e. The Hall–Kier alpha value is -2.30. The van der Waals surface area contributed by atoms with Gasteiger partial charge in [-0.1, -0.05) is 49.2 Å². The van der Waals surface area contributed by atoms with Gasteiger partial charge in [-0.2, -0.15) is 0 Å². The van der Waals surface area contributed by atoms with Crippen molar-refractivity contribution in [1.29, 1.82) is 0 Å². The first kappa shape index (κ1) is 20.0. The summed E-state index contributed by atoms with van der Waals surface area (Å²) in [5.74, 6) is -1.02. The van der Waals surface area contributed by atoms with Gasteiger partial charge in [-0.05, 0) is 60.1 Å². The second-order valence-electron chi connectivity index (χ2n) is 8.41. The summed E-state index contributed by atoms with van der Waals surface area (Å²) in [7, 11) is 0. The first-order chi connectivity index (χ1) is 13.7. The molecule has 2 aromatic carbocycles. The molecule has 3 aromatic rings. The van der Waals surface area contributed by atoms with E-state index < -0.39 is 5.97 Å². The Morgan fingerprint density at radius 2 is 1.90 bits per heavy atom. The van der Waals surface area contributed by atoms with Crippen LogP contribution in [0.4, 0.5) is 0 Å². The minimum atomic E-state index is -1.02. The van der Waals surface area contributed by atoms with Gasteiger partial charge < -0.3 is 9.67 Å². The van der Waals surface area contributed by atoms with E-state index in [0.29, 0.717) is 21.8 Å². The Labute approximate surface area is 178 Å². The summed E-state index contributed by atoms with van der Waals surface area (Å²) >= 11 is 12.6. The van der Waals surface area contributed by atoms with Crippen LogP contribution in [0.5, 0.6) is 0 Å². The normalized spacial score (nSPS) is 16.2. The van der Waals surface area contributed by atoms with Crippen molar-refractivity contribution < 1.29 is 9.90 Å². The van der Waals surface area contributed by atoms with E-state index in [1.165, 1.54) is 5.57 Å². The van der Waals surface area contributed by atoms with Crippen LogP contribution in [0.1, 0.15) is 38.7 Å². The molecule has 4 nitrogen and oxygen atoms in total. The average molecular weight is 430 g/mol. The average Bonchev–Trinajstić information content (AvgIpc) is 2.66. The lowest BCUT2D eigenvalue weighted by molar-refractivity contribution is -0.137. The molecule has 4 rings (SSSR count). The zero-order valence-electron chi connectivity index (χ0n) is 16.3. The van der Waals surface area contributed by atoms with Gasteiger partial charge in [0, 0.05) is 10.8 Å². The van der Waals surface area contributed by atoms with Crippen molar-refractivity contribution in [1.82, 2.24) is 4.57 Å². The van der Waals surface area contributed by atoms with E-state index in [1.807, 2.05) is 12.1 Å². The van der Waals surface area contributed by atoms with Crippen molar-refractivity contribution in [2.24, 2.45) is 5.41 Å². The number of hydrogen-bond donors (Lipinski definition) is 1. The van der Waals surface area contributed by atoms with E-state index in [9.17, 15) is 14.7 Å². The quantitative estimate of drug-likeness (QED) is 0.508. The summed E-state index contributed by atoms with van der Waals surface area (Å²) in [6.07, 6.45) is 5.30. The fraction of sp³-hybridized carbons (Fsp3) is 0.304. The van der Waals surface area contributed by atoms with Gasteiger partial charge >= 0.3 is 5.97 Å². The van der Waals surface area contributed by atoms with Gasteiger partial charge in [0.15, 0.2) is 5.43 Å².